The molecular weight excluding hydrogens is 421 g/mol. The van der Waals surface area contributed by atoms with Crippen LogP contribution in [-0.2, 0) is 6.54 Å². The second-order valence-corrected chi connectivity index (χ2v) is 8.62. The van der Waals surface area contributed by atoms with Gasteiger partial charge >= 0.3 is 12.2 Å². The van der Waals surface area contributed by atoms with Crippen LogP contribution < -0.4 is 5.32 Å². The molecule has 1 fully saturated rings. The summed E-state index contributed by atoms with van der Waals surface area (Å²) in [5.41, 5.74) is 5.97. The number of likely N-dealkylation sites (tertiary alicyclic amines) is 1. The maximum Gasteiger partial charge on any atom is 0.401 e. The first kappa shape index (κ1) is 20.7. The van der Waals surface area contributed by atoms with E-state index >= 15 is 0 Å². The van der Waals surface area contributed by atoms with Gasteiger partial charge in [0.05, 0.1) is 12.1 Å². The van der Waals surface area contributed by atoms with E-state index in [2.05, 4.69) is 20.5 Å². The van der Waals surface area contributed by atoms with E-state index in [1.807, 2.05) is 38.1 Å². The summed E-state index contributed by atoms with van der Waals surface area (Å²) in [6.07, 6.45) is -3.72. The Kier molecular flexibility index (Phi) is 4.85. The minimum Gasteiger partial charge on any atom is -0.316 e. The number of nitrogens with one attached hydrogen (secondary N) is 2. The highest BCUT2D eigenvalue weighted by molar-refractivity contribution is 6.00. The Morgan fingerprint density at radius 1 is 1.16 bits per heavy atom. The van der Waals surface area contributed by atoms with Gasteiger partial charge in [-0.1, -0.05) is 0 Å². The van der Waals surface area contributed by atoms with Crippen LogP contribution in [0, 0.1) is 13.8 Å². The van der Waals surface area contributed by atoms with Crippen LogP contribution in [0.3, 0.4) is 0 Å². The number of aromatic nitrogens is 3. The number of urea groups is 1. The molecule has 5 rings (SSSR count). The number of aryl methyl sites for hydroxylation is 2. The molecule has 7 nitrogen and oxygen atoms in total. The van der Waals surface area contributed by atoms with Crippen molar-refractivity contribution in [3.8, 4) is 11.3 Å². The largest absolute Gasteiger partial charge is 0.401 e. The second-order valence-electron chi connectivity index (χ2n) is 8.62. The van der Waals surface area contributed by atoms with E-state index in [-0.39, 0.29) is 18.6 Å². The van der Waals surface area contributed by atoms with Gasteiger partial charge in [-0.25, -0.2) is 4.79 Å². The van der Waals surface area contributed by atoms with E-state index in [9.17, 15) is 18.0 Å². The lowest BCUT2D eigenvalue weighted by molar-refractivity contribution is -0.143. The summed E-state index contributed by atoms with van der Waals surface area (Å²) in [5.74, 6) is 0. The lowest BCUT2D eigenvalue weighted by atomic mass is 10.0. The van der Waals surface area contributed by atoms with Gasteiger partial charge in [-0.05, 0) is 50.1 Å². The van der Waals surface area contributed by atoms with Gasteiger partial charge in [-0.15, -0.1) is 0 Å². The highest BCUT2D eigenvalue weighted by Gasteiger charge is 2.38. The standard InChI is InChI=1S/C22H23F3N6O/c1-12-5-14(6-13(2)26-12)20-17-7-15-9-31(16-3-4-30(10-16)11-22(23,24)25)21(32)27-18(15)8-19(17)28-29-20/h5-8,16H,3-4,9-11H2,1-2H3,(H,27,32)(H,28,29). The molecule has 4 heterocycles. The van der Waals surface area contributed by atoms with Crippen molar-refractivity contribution in [1.29, 1.82) is 0 Å². The zero-order chi connectivity index (χ0) is 22.6. The summed E-state index contributed by atoms with van der Waals surface area (Å²) < 4.78 is 38.2. The topological polar surface area (TPSA) is 77.2 Å². The van der Waals surface area contributed by atoms with E-state index in [4.69, 9.17) is 0 Å². The van der Waals surface area contributed by atoms with Crippen molar-refractivity contribution < 1.29 is 18.0 Å². The van der Waals surface area contributed by atoms with Crippen LogP contribution >= 0.6 is 0 Å². The number of pyridine rings is 1. The highest BCUT2D eigenvalue weighted by Crippen LogP contribution is 2.35. The number of nitrogens with zero attached hydrogens (tertiary/aromatic N) is 4. The van der Waals surface area contributed by atoms with Crippen molar-refractivity contribution >= 4 is 22.6 Å². The maximum absolute atomic E-state index is 12.7. The molecule has 0 aliphatic carbocycles. The van der Waals surface area contributed by atoms with Crippen LogP contribution in [0.4, 0.5) is 23.7 Å². The van der Waals surface area contributed by atoms with Gasteiger partial charge in [-0.3, -0.25) is 15.0 Å². The number of carbonyl (C=O) groups is 1. The number of benzene rings is 1. The Hall–Kier alpha value is -3.14. The van der Waals surface area contributed by atoms with Crippen molar-refractivity contribution in [2.24, 2.45) is 0 Å². The lowest BCUT2D eigenvalue weighted by Gasteiger charge is -2.34. The fourth-order valence-electron chi connectivity index (χ4n) is 4.75. The normalized spacial score (nSPS) is 19.5. The summed E-state index contributed by atoms with van der Waals surface area (Å²) in [4.78, 5) is 20.1. The third kappa shape index (κ3) is 3.90. The average molecular weight is 444 g/mol. The van der Waals surface area contributed by atoms with E-state index in [0.29, 0.717) is 25.2 Å². The first-order chi connectivity index (χ1) is 15.2. The molecule has 1 unspecified atom stereocenters. The number of alkyl halides is 3. The number of aromatic amines is 1. The molecule has 0 spiro atoms. The fraction of sp³-hybridized carbons (Fsp3) is 0.409. The molecule has 168 valence electrons. The van der Waals surface area contributed by atoms with Crippen LogP contribution in [0.1, 0.15) is 23.4 Å². The monoisotopic (exact) mass is 444 g/mol. The molecular formula is C22H23F3N6O. The second kappa shape index (κ2) is 7.47. The summed E-state index contributed by atoms with van der Waals surface area (Å²) in [7, 11) is 0. The Balaban J connectivity index is 1.44. The third-order valence-corrected chi connectivity index (χ3v) is 6.08. The lowest BCUT2D eigenvalue weighted by Crippen LogP contribution is -2.46. The molecule has 10 heteroatoms. The Labute approximate surface area is 182 Å². The van der Waals surface area contributed by atoms with Crippen LogP contribution in [-0.4, -0.2) is 62.9 Å². The molecule has 2 aliphatic rings. The minimum atomic E-state index is -4.24. The summed E-state index contributed by atoms with van der Waals surface area (Å²) >= 11 is 0. The van der Waals surface area contributed by atoms with Crippen molar-refractivity contribution in [3.05, 3.63) is 41.2 Å². The van der Waals surface area contributed by atoms with E-state index < -0.39 is 12.7 Å². The maximum atomic E-state index is 12.7. The molecule has 3 aromatic rings. The molecule has 1 saturated heterocycles. The molecule has 1 aromatic carbocycles. The van der Waals surface area contributed by atoms with Crippen LogP contribution in [0.15, 0.2) is 24.3 Å². The quantitative estimate of drug-likeness (QED) is 0.634. The van der Waals surface area contributed by atoms with Crippen LogP contribution in [0.25, 0.3) is 22.2 Å². The molecule has 2 N–H and O–H groups in total. The van der Waals surface area contributed by atoms with Gasteiger partial charge in [0.15, 0.2) is 0 Å². The SMILES string of the molecule is Cc1cc(-c2n[nH]c3cc4c(cc23)CN(C2CCN(CC(F)(F)F)C2)C(=O)N4)cc(C)n1. The van der Waals surface area contributed by atoms with Gasteiger partial charge in [0.2, 0.25) is 0 Å². The first-order valence-electron chi connectivity index (χ1n) is 10.5. The van der Waals surface area contributed by atoms with Gasteiger partial charge in [0.25, 0.3) is 0 Å². The highest BCUT2D eigenvalue weighted by atomic mass is 19.4. The first-order valence-corrected chi connectivity index (χ1v) is 10.5. The number of hydrogen-bond donors (Lipinski definition) is 2. The van der Waals surface area contributed by atoms with Crippen molar-refractivity contribution in [3.63, 3.8) is 0 Å². The van der Waals surface area contributed by atoms with E-state index in [1.165, 1.54) is 4.90 Å². The van der Waals surface area contributed by atoms with Crippen molar-refractivity contribution in [1.82, 2.24) is 25.0 Å². The van der Waals surface area contributed by atoms with Gasteiger partial charge in [0.1, 0.15) is 5.69 Å². The van der Waals surface area contributed by atoms with Crippen LogP contribution in [0.2, 0.25) is 0 Å². The van der Waals surface area contributed by atoms with Gasteiger partial charge < -0.3 is 10.2 Å². The molecule has 2 aliphatic heterocycles. The number of halogens is 3. The molecule has 2 aromatic heterocycles. The average Bonchev–Trinajstić information content (AvgIpc) is 3.30. The molecule has 0 radical (unpaired) electrons. The third-order valence-electron chi connectivity index (χ3n) is 6.08. The zero-order valence-corrected chi connectivity index (χ0v) is 17.8. The van der Waals surface area contributed by atoms with Gasteiger partial charge in [-0.2, -0.15) is 18.3 Å². The molecule has 32 heavy (non-hydrogen) atoms. The molecule has 1 atom stereocenters. The predicted molar refractivity (Wildman–Crippen MR) is 114 cm³/mol. The predicted octanol–water partition coefficient (Wildman–Crippen LogP) is 4.23. The number of H-pyrrole nitrogens is 1. The molecule has 0 bridgehead atoms. The van der Waals surface area contributed by atoms with Gasteiger partial charge in [0, 0.05) is 53.7 Å². The number of fused-ring (bicyclic) bond motifs is 2. The number of hydrogen-bond acceptors (Lipinski definition) is 4. The molecule has 2 amide bonds. The Morgan fingerprint density at radius 3 is 2.62 bits per heavy atom. The summed E-state index contributed by atoms with van der Waals surface area (Å²) in [6.45, 7) is 3.82. The Bertz CT molecular complexity index is 1180. The number of carbonyl (C=O) groups excluding carboxylic acids is 1. The fourth-order valence-corrected chi connectivity index (χ4v) is 4.75. The summed E-state index contributed by atoms with van der Waals surface area (Å²) in [5, 5.41) is 11.3. The zero-order valence-electron chi connectivity index (χ0n) is 17.8. The van der Waals surface area contributed by atoms with Crippen molar-refractivity contribution in [2.45, 2.75) is 39.0 Å². The number of rotatable bonds is 3. The number of amides is 2. The van der Waals surface area contributed by atoms with Crippen molar-refractivity contribution in [2.75, 3.05) is 25.0 Å². The smallest absolute Gasteiger partial charge is 0.316 e. The Morgan fingerprint density at radius 2 is 1.91 bits per heavy atom. The summed E-state index contributed by atoms with van der Waals surface area (Å²) in [6, 6.07) is 7.28. The number of anilines is 1. The van der Waals surface area contributed by atoms with E-state index in [1.54, 1.807) is 4.90 Å². The minimum absolute atomic E-state index is 0.219. The van der Waals surface area contributed by atoms with Crippen LogP contribution in [0.5, 0.6) is 0 Å². The van der Waals surface area contributed by atoms with E-state index in [0.717, 1.165) is 39.1 Å². The molecule has 0 saturated carbocycles.